The van der Waals surface area contributed by atoms with Crippen molar-refractivity contribution in [1.29, 1.82) is 0 Å². The zero-order valence-corrected chi connectivity index (χ0v) is 13.9. The zero-order chi connectivity index (χ0) is 18.2. The molecule has 0 fully saturated rings. The quantitative estimate of drug-likeness (QED) is 0.637. The molecule has 0 spiro atoms. The molecule has 1 aromatic heterocycles. The van der Waals surface area contributed by atoms with Gasteiger partial charge in [-0.2, -0.15) is 13.2 Å². The fourth-order valence-corrected chi connectivity index (χ4v) is 3.38. The Bertz CT molecular complexity index is 997. The summed E-state index contributed by atoms with van der Waals surface area (Å²) < 4.78 is 68.7. The molecule has 0 saturated heterocycles. The first-order valence-electron chi connectivity index (χ1n) is 6.84. The van der Waals surface area contributed by atoms with Gasteiger partial charge in [0.2, 0.25) is 0 Å². The van der Waals surface area contributed by atoms with Crippen molar-refractivity contribution >= 4 is 21.4 Å². The Morgan fingerprint density at radius 1 is 0.920 bits per heavy atom. The summed E-state index contributed by atoms with van der Waals surface area (Å²) >= 11 is 5.76. The molecule has 25 heavy (non-hydrogen) atoms. The van der Waals surface area contributed by atoms with Gasteiger partial charge < -0.3 is 4.52 Å². The zero-order valence-electron chi connectivity index (χ0n) is 12.3. The summed E-state index contributed by atoms with van der Waals surface area (Å²) in [6.07, 6.45) is 0. The average Bonchev–Trinajstić information content (AvgIpc) is 3.01. The Morgan fingerprint density at radius 3 is 2.08 bits per heavy atom. The number of rotatable bonds is 3. The van der Waals surface area contributed by atoms with Crippen LogP contribution >= 0.6 is 11.6 Å². The van der Waals surface area contributed by atoms with Gasteiger partial charge in [-0.15, -0.1) is 0 Å². The molecule has 0 aliphatic heterocycles. The second-order valence-corrected chi connectivity index (χ2v) is 7.33. The molecular weight excluding hydrogens is 379 g/mol. The molecular formula is C16H9ClF3NO3S. The van der Waals surface area contributed by atoms with Gasteiger partial charge in [-0.05, 0) is 24.3 Å². The van der Waals surface area contributed by atoms with Crippen molar-refractivity contribution in [1.82, 2.24) is 5.16 Å². The number of alkyl halides is 3. The van der Waals surface area contributed by atoms with Crippen LogP contribution in [0.25, 0.3) is 22.6 Å². The van der Waals surface area contributed by atoms with Gasteiger partial charge in [0.05, 0.1) is 0 Å². The first-order chi connectivity index (χ1) is 11.7. The topological polar surface area (TPSA) is 60.2 Å². The van der Waals surface area contributed by atoms with Gasteiger partial charge in [0.1, 0.15) is 5.69 Å². The van der Waals surface area contributed by atoms with Gasteiger partial charge in [-0.1, -0.05) is 47.1 Å². The predicted octanol–water partition coefficient (Wildman–Crippen LogP) is 4.96. The predicted molar refractivity (Wildman–Crippen MR) is 85.6 cm³/mol. The average molecular weight is 388 g/mol. The van der Waals surface area contributed by atoms with E-state index in [-0.39, 0.29) is 11.1 Å². The van der Waals surface area contributed by atoms with Gasteiger partial charge >= 0.3 is 5.51 Å². The molecule has 0 aliphatic rings. The normalized spacial score (nSPS) is 12.3. The highest BCUT2D eigenvalue weighted by atomic mass is 35.5. The Balaban J connectivity index is 2.31. The summed E-state index contributed by atoms with van der Waals surface area (Å²) in [4.78, 5) is -1.02. The van der Waals surface area contributed by atoms with Crippen LogP contribution in [0.5, 0.6) is 0 Å². The maximum Gasteiger partial charge on any atom is 0.502 e. The third kappa shape index (κ3) is 3.14. The number of sulfone groups is 1. The van der Waals surface area contributed by atoms with E-state index < -0.39 is 31.7 Å². The number of benzene rings is 2. The van der Waals surface area contributed by atoms with Crippen molar-refractivity contribution < 1.29 is 26.1 Å². The molecule has 4 nitrogen and oxygen atoms in total. The lowest BCUT2D eigenvalue weighted by Gasteiger charge is -2.09. The maximum absolute atomic E-state index is 13.2. The molecule has 0 bridgehead atoms. The van der Waals surface area contributed by atoms with E-state index in [4.69, 9.17) is 16.1 Å². The molecule has 0 radical (unpaired) electrons. The Morgan fingerprint density at radius 2 is 1.52 bits per heavy atom. The molecule has 9 heteroatoms. The smallest absolute Gasteiger partial charge is 0.354 e. The number of hydrogen-bond acceptors (Lipinski definition) is 4. The third-order valence-electron chi connectivity index (χ3n) is 3.38. The lowest BCUT2D eigenvalue weighted by atomic mass is 10.1. The van der Waals surface area contributed by atoms with Gasteiger partial charge in [0.15, 0.2) is 10.7 Å². The van der Waals surface area contributed by atoms with Crippen LogP contribution in [0.1, 0.15) is 0 Å². The molecule has 3 aromatic rings. The van der Waals surface area contributed by atoms with E-state index in [9.17, 15) is 21.6 Å². The monoisotopic (exact) mass is 387 g/mol. The van der Waals surface area contributed by atoms with Crippen molar-refractivity contribution in [3.05, 3.63) is 59.6 Å². The Kier molecular flexibility index (Phi) is 4.34. The first kappa shape index (κ1) is 17.5. The van der Waals surface area contributed by atoms with E-state index in [2.05, 4.69) is 5.16 Å². The van der Waals surface area contributed by atoms with Crippen LogP contribution in [-0.2, 0) is 9.84 Å². The first-order valence-corrected chi connectivity index (χ1v) is 8.70. The van der Waals surface area contributed by atoms with Gasteiger partial charge in [-0.3, -0.25) is 0 Å². The van der Waals surface area contributed by atoms with E-state index in [0.29, 0.717) is 5.02 Å². The lowest BCUT2D eigenvalue weighted by molar-refractivity contribution is -0.0435. The van der Waals surface area contributed by atoms with Crippen molar-refractivity contribution in [3.63, 3.8) is 0 Å². The highest BCUT2D eigenvalue weighted by Crippen LogP contribution is 2.42. The minimum absolute atomic E-state index is 0.113. The summed E-state index contributed by atoms with van der Waals surface area (Å²) in [6.45, 7) is 0. The summed E-state index contributed by atoms with van der Waals surface area (Å²) in [5.41, 5.74) is -5.59. The summed E-state index contributed by atoms with van der Waals surface area (Å²) in [5, 5.41) is 3.92. The van der Waals surface area contributed by atoms with Gasteiger partial charge in [0.25, 0.3) is 9.84 Å². The Labute approximate surface area is 145 Å². The van der Waals surface area contributed by atoms with Crippen LogP contribution in [0.4, 0.5) is 13.2 Å². The van der Waals surface area contributed by atoms with Gasteiger partial charge in [0, 0.05) is 16.1 Å². The van der Waals surface area contributed by atoms with Crippen LogP contribution in [0.15, 0.2) is 64.0 Å². The van der Waals surface area contributed by atoms with Crippen LogP contribution in [0, 0.1) is 0 Å². The van der Waals surface area contributed by atoms with Crippen molar-refractivity contribution in [2.45, 2.75) is 10.4 Å². The SMILES string of the molecule is O=S(=O)(c1c(-c2ccccc2)noc1-c1ccc(Cl)cc1)C(F)(F)F. The number of aromatic nitrogens is 1. The highest BCUT2D eigenvalue weighted by molar-refractivity contribution is 7.92. The fraction of sp³-hybridized carbons (Fsp3) is 0.0625. The molecule has 130 valence electrons. The summed E-state index contributed by atoms with van der Waals surface area (Å²) in [7, 11) is -5.69. The van der Waals surface area contributed by atoms with E-state index >= 15 is 0 Å². The number of nitrogens with zero attached hydrogens (tertiary/aromatic N) is 1. The van der Waals surface area contributed by atoms with Crippen molar-refractivity contribution in [3.8, 4) is 22.6 Å². The molecule has 0 saturated carbocycles. The minimum Gasteiger partial charge on any atom is -0.354 e. The molecule has 2 aromatic carbocycles. The molecule has 0 atom stereocenters. The molecule has 1 heterocycles. The van der Waals surface area contributed by atoms with Crippen molar-refractivity contribution in [2.75, 3.05) is 0 Å². The van der Waals surface area contributed by atoms with E-state index in [1.165, 1.54) is 36.4 Å². The molecule has 0 unspecified atom stereocenters. The standard InChI is InChI=1S/C16H9ClF3NO3S/c17-12-8-6-11(7-9-12)14-15(25(22,23)16(18,19)20)13(21-24-14)10-4-2-1-3-5-10/h1-9H. The summed E-state index contributed by atoms with van der Waals surface area (Å²) in [6, 6.07) is 13.2. The second-order valence-electron chi connectivity index (χ2n) is 5.01. The van der Waals surface area contributed by atoms with Crippen LogP contribution < -0.4 is 0 Å². The fourth-order valence-electron chi connectivity index (χ4n) is 2.21. The van der Waals surface area contributed by atoms with Crippen LogP contribution in [-0.4, -0.2) is 19.1 Å². The lowest BCUT2D eigenvalue weighted by Crippen LogP contribution is -2.24. The Hall–Kier alpha value is -2.32. The van der Waals surface area contributed by atoms with Gasteiger partial charge in [-0.25, -0.2) is 8.42 Å². The molecule has 0 aliphatic carbocycles. The molecule has 0 amide bonds. The molecule has 0 N–H and O–H groups in total. The van der Waals surface area contributed by atoms with Crippen molar-refractivity contribution in [2.24, 2.45) is 0 Å². The minimum atomic E-state index is -5.69. The van der Waals surface area contributed by atoms with Crippen LogP contribution in [0.2, 0.25) is 5.02 Å². The highest BCUT2D eigenvalue weighted by Gasteiger charge is 2.51. The summed E-state index contributed by atoms with van der Waals surface area (Å²) in [5.74, 6) is -0.493. The molecule has 3 rings (SSSR count). The van der Waals surface area contributed by atoms with E-state index in [1.807, 2.05) is 0 Å². The number of hydrogen-bond donors (Lipinski definition) is 0. The third-order valence-corrected chi connectivity index (χ3v) is 5.15. The second kappa shape index (κ2) is 6.20. The maximum atomic E-state index is 13.2. The van der Waals surface area contributed by atoms with E-state index in [1.54, 1.807) is 18.2 Å². The van der Waals surface area contributed by atoms with E-state index in [0.717, 1.165) is 0 Å². The van der Waals surface area contributed by atoms with Crippen LogP contribution in [0.3, 0.4) is 0 Å². The largest absolute Gasteiger partial charge is 0.502 e. The number of halogens is 4.